The molecule has 0 fully saturated rings. The van der Waals surface area contributed by atoms with Crippen LogP contribution in [0.4, 0.5) is 0 Å². The summed E-state index contributed by atoms with van der Waals surface area (Å²) in [6, 6.07) is 14.8. The smallest absolute Gasteiger partial charge is 0.216 e. The summed E-state index contributed by atoms with van der Waals surface area (Å²) in [7, 11) is -2.35. The average Bonchev–Trinajstić information content (AvgIpc) is 2.72. The van der Waals surface area contributed by atoms with Crippen LogP contribution in [-0.2, 0) is 9.84 Å². The predicted molar refractivity (Wildman–Crippen MR) is 110 cm³/mol. The molecule has 0 saturated heterocycles. The van der Waals surface area contributed by atoms with Crippen molar-refractivity contribution in [3.05, 3.63) is 59.0 Å². The molecule has 0 radical (unpaired) electrons. The van der Waals surface area contributed by atoms with Gasteiger partial charge in [-0.05, 0) is 42.3 Å². The maximum atomic E-state index is 12.7. The molecule has 0 bridgehead atoms. The first-order valence-corrected chi connectivity index (χ1v) is 10.7. The number of nitriles is 1. The third-order valence-electron chi connectivity index (χ3n) is 4.19. The molecular weight excluding hydrogens is 374 g/mol. The lowest BCUT2D eigenvalue weighted by Crippen LogP contribution is -2.03. The Morgan fingerprint density at radius 1 is 1.07 bits per heavy atom. The van der Waals surface area contributed by atoms with Crippen molar-refractivity contribution >= 4 is 15.9 Å². The Morgan fingerprint density at radius 2 is 1.82 bits per heavy atom. The van der Waals surface area contributed by atoms with E-state index < -0.39 is 9.84 Å². The molecule has 2 aromatic carbocycles. The van der Waals surface area contributed by atoms with Crippen molar-refractivity contribution in [1.29, 1.82) is 5.26 Å². The molecule has 2 rings (SSSR count). The van der Waals surface area contributed by atoms with Crippen LogP contribution in [0.1, 0.15) is 38.2 Å². The molecule has 6 heteroatoms. The molecule has 0 aliphatic rings. The van der Waals surface area contributed by atoms with E-state index in [1.165, 1.54) is 31.7 Å². The zero-order chi connectivity index (χ0) is 20.4. The number of sulfone groups is 1. The van der Waals surface area contributed by atoms with Crippen molar-refractivity contribution in [2.45, 2.75) is 37.5 Å². The minimum absolute atomic E-state index is 0.0850. The number of ether oxygens (including phenoxy) is 2. The largest absolute Gasteiger partial charge is 0.493 e. The van der Waals surface area contributed by atoms with Crippen LogP contribution in [0, 0.1) is 11.3 Å². The maximum Gasteiger partial charge on any atom is 0.216 e. The van der Waals surface area contributed by atoms with Crippen molar-refractivity contribution in [2.24, 2.45) is 0 Å². The molecule has 5 nitrogen and oxygen atoms in total. The number of methoxy groups -OCH3 is 1. The first-order chi connectivity index (χ1) is 13.5. The van der Waals surface area contributed by atoms with Crippen LogP contribution in [0.5, 0.6) is 11.5 Å². The number of hydrogen-bond acceptors (Lipinski definition) is 5. The minimum Gasteiger partial charge on any atom is -0.493 e. The second kappa shape index (κ2) is 10.5. The highest BCUT2D eigenvalue weighted by molar-refractivity contribution is 7.95. The molecule has 0 N–H and O–H groups in total. The normalized spacial score (nSPS) is 11.7. The Kier molecular flexibility index (Phi) is 8.09. The van der Waals surface area contributed by atoms with Crippen molar-refractivity contribution in [3.63, 3.8) is 0 Å². The van der Waals surface area contributed by atoms with Gasteiger partial charge in [0, 0.05) is 0 Å². The first kappa shape index (κ1) is 21.5. The summed E-state index contributed by atoms with van der Waals surface area (Å²) in [5.74, 6) is 1.10. The van der Waals surface area contributed by atoms with Crippen LogP contribution >= 0.6 is 0 Å². The molecule has 0 heterocycles. The molecular formula is C22H25NO4S. The lowest BCUT2D eigenvalue weighted by atomic mass is 10.2. The van der Waals surface area contributed by atoms with Gasteiger partial charge in [-0.1, -0.05) is 50.5 Å². The Bertz CT molecular complexity index is 944. The second-order valence-electron chi connectivity index (χ2n) is 6.26. The number of unbranched alkanes of at least 4 members (excludes halogenated alkanes) is 3. The minimum atomic E-state index is -3.87. The van der Waals surface area contributed by atoms with Crippen LogP contribution < -0.4 is 9.47 Å². The fraction of sp³-hybridized carbons (Fsp3) is 0.318. The summed E-state index contributed by atoms with van der Waals surface area (Å²) in [5, 5.41) is 9.40. The lowest BCUT2D eigenvalue weighted by molar-refractivity contribution is 0.285. The van der Waals surface area contributed by atoms with Gasteiger partial charge in [0.2, 0.25) is 9.84 Å². The third-order valence-corrected chi connectivity index (χ3v) is 5.88. The first-order valence-electron chi connectivity index (χ1n) is 9.25. The summed E-state index contributed by atoms with van der Waals surface area (Å²) in [5.41, 5.74) is 0.547. The molecule has 0 amide bonds. The van der Waals surface area contributed by atoms with E-state index in [0.29, 0.717) is 23.7 Å². The highest BCUT2D eigenvalue weighted by Crippen LogP contribution is 2.30. The van der Waals surface area contributed by atoms with Gasteiger partial charge in [0.15, 0.2) is 11.5 Å². The van der Waals surface area contributed by atoms with Crippen molar-refractivity contribution in [1.82, 2.24) is 0 Å². The topological polar surface area (TPSA) is 76.4 Å². The molecule has 0 unspecified atom stereocenters. The van der Waals surface area contributed by atoms with Gasteiger partial charge in [-0.25, -0.2) is 8.42 Å². The summed E-state index contributed by atoms with van der Waals surface area (Å²) in [6.07, 6.45) is 5.76. The van der Waals surface area contributed by atoms with Gasteiger partial charge in [0.25, 0.3) is 0 Å². The third kappa shape index (κ3) is 5.61. The van der Waals surface area contributed by atoms with E-state index >= 15 is 0 Å². The molecule has 0 atom stereocenters. The molecule has 0 aliphatic heterocycles. The Morgan fingerprint density at radius 3 is 2.46 bits per heavy atom. The lowest BCUT2D eigenvalue weighted by Gasteiger charge is -2.11. The van der Waals surface area contributed by atoms with Gasteiger partial charge in [0.05, 0.1) is 18.6 Å². The van der Waals surface area contributed by atoms with Gasteiger partial charge < -0.3 is 9.47 Å². The van der Waals surface area contributed by atoms with Gasteiger partial charge in [0.1, 0.15) is 11.0 Å². The zero-order valence-corrected chi connectivity index (χ0v) is 17.0. The molecule has 0 saturated carbocycles. The van der Waals surface area contributed by atoms with E-state index in [9.17, 15) is 13.7 Å². The molecule has 0 aromatic heterocycles. The summed E-state index contributed by atoms with van der Waals surface area (Å²) in [6.45, 7) is 2.75. The second-order valence-corrected chi connectivity index (χ2v) is 8.17. The Labute approximate surface area is 167 Å². The number of benzene rings is 2. The zero-order valence-electron chi connectivity index (χ0n) is 16.2. The number of rotatable bonds is 10. The van der Waals surface area contributed by atoms with Crippen LogP contribution in [-0.4, -0.2) is 22.1 Å². The Balaban J connectivity index is 2.23. The average molecular weight is 400 g/mol. The fourth-order valence-electron chi connectivity index (χ4n) is 2.65. The molecule has 28 heavy (non-hydrogen) atoms. The van der Waals surface area contributed by atoms with E-state index in [-0.39, 0.29) is 9.80 Å². The summed E-state index contributed by atoms with van der Waals surface area (Å²) >= 11 is 0. The standard InChI is InChI=1S/C22H25NO4S/c1-3-4-5-9-14-27-21-13-12-18(16-22(21)26-2)15-20(17-23)28(24,25)19-10-7-6-8-11-19/h6-8,10-13,15-16H,3-5,9,14H2,1-2H3/b20-15+. The van der Waals surface area contributed by atoms with E-state index in [2.05, 4.69) is 6.92 Å². The van der Waals surface area contributed by atoms with Crippen LogP contribution in [0.15, 0.2) is 58.3 Å². The summed E-state index contributed by atoms with van der Waals surface area (Å²) in [4.78, 5) is -0.240. The quantitative estimate of drug-likeness (QED) is 0.415. The van der Waals surface area contributed by atoms with E-state index in [1.807, 2.05) is 0 Å². The van der Waals surface area contributed by atoms with Crippen molar-refractivity contribution in [3.8, 4) is 17.6 Å². The van der Waals surface area contributed by atoms with Crippen LogP contribution in [0.3, 0.4) is 0 Å². The maximum absolute atomic E-state index is 12.7. The van der Waals surface area contributed by atoms with E-state index in [1.54, 1.807) is 42.5 Å². The summed E-state index contributed by atoms with van der Waals surface area (Å²) < 4.78 is 36.5. The van der Waals surface area contributed by atoms with E-state index in [0.717, 1.165) is 19.3 Å². The Hall–Kier alpha value is -2.78. The molecule has 148 valence electrons. The molecule has 0 aliphatic carbocycles. The van der Waals surface area contributed by atoms with Crippen LogP contribution in [0.25, 0.3) is 6.08 Å². The van der Waals surface area contributed by atoms with Gasteiger partial charge in [-0.3, -0.25) is 0 Å². The molecule has 2 aromatic rings. The number of allylic oxidation sites excluding steroid dienone is 1. The monoisotopic (exact) mass is 399 g/mol. The van der Waals surface area contributed by atoms with E-state index in [4.69, 9.17) is 9.47 Å². The van der Waals surface area contributed by atoms with Crippen LogP contribution in [0.2, 0.25) is 0 Å². The van der Waals surface area contributed by atoms with Gasteiger partial charge in [-0.15, -0.1) is 0 Å². The van der Waals surface area contributed by atoms with Crippen molar-refractivity contribution in [2.75, 3.05) is 13.7 Å². The van der Waals surface area contributed by atoms with Gasteiger partial charge >= 0.3 is 0 Å². The number of hydrogen-bond donors (Lipinski definition) is 0. The SMILES string of the molecule is CCCCCCOc1ccc(/C=C(\C#N)S(=O)(=O)c2ccccc2)cc1OC. The van der Waals surface area contributed by atoms with Gasteiger partial charge in [-0.2, -0.15) is 5.26 Å². The highest BCUT2D eigenvalue weighted by Gasteiger charge is 2.20. The van der Waals surface area contributed by atoms with Crippen molar-refractivity contribution < 1.29 is 17.9 Å². The number of nitrogens with zero attached hydrogens (tertiary/aromatic N) is 1. The highest BCUT2D eigenvalue weighted by atomic mass is 32.2. The molecule has 0 spiro atoms. The predicted octanol–water partition coefficient (Wildman–Crippen LogP) is 4.99. The fourth-order valence-corrected chi connectivity index (χ4v) is 3.83.